The fraction of sp³-hybridized carbons (Fsp3) is 0.500. The Hall–Kier alpha value is 3.48. The first-order valence-electron chi connectivity index (χ1n) is 2.14. The molecule has 6 heteroatoms. The summed E-state index contributed by atoms with van der Waals surface area (Å²) in [7, 11) is 0. The van der Waals surface area contributed by atoms with E-state index in [0.29, 0.717) is 0 Å². The van der Waals surface area contributed by atoms with E-state index >= 15 is 0 Å². The molecule has 1 aliphatic heterocycles. The van der Waals surface area contributed by atoms with Crippen molar-refractivity contribution in [2.24, 2.45) is 0 Å². The normalized spacial score (nSPS) is 17.2. The fourth-order valence-corrected chi connectivity index (χ4v) is 3.80. The molecule has 1 heterocycles. The molecule has 0 radical (unpaired) electrons. The quantitative estimate of drug-likeness (QED) is 0.410. The second kappa shape index (κ2) is 9.05. The Kier molecular flexibility index (Phi) is 14.4. The number of hydrogen-bond acceptors (Lipinski definition) is 2. The van der Waals surface area contributed by atoms with Crippen molar-refractivity contribution in [2.45, 2.75) is 0 Å². The first kappa shape index (κ1) is 15.9. The van der Waals surface area contributed by atoms with Crippen LogP contribution >= 0.6 is 23.5 Å². The summed E-state index contributed by atoms with van der Waals surface area (Å²) >= 11 is 9.83. The van der Waals surface area contributed by atoms with E-state index in [1.807, 2.05) is 23.5 Å². The molecule has 0 saturated carbocycles. The molecule has 0 aromatic rings. The maximum absolute atomic E-state index is 3.02. The number of hydrogen-bond donors (Lipinski definition) is 0. The molecule has 0 saturated heterocycles. The van der Waals surface area contributed by atoms with Gasteiger partial charge in [-0.15, -0.1) is 0 Å². The Morgan fingerprint density at radius 3 is 1.40 bits per heavy atom. The van der Waals surface area contributed by atoms with Crippen LogP contribution < -0.4 is 59.1 Å². The Labute approximate surface area is 131 Å². The van der Waals surface area contributed by atoms with Gasteiger partial charge in [0.1, 0.15) is 0 Å². The van der Waals surface area contributed by atoms with E-state index in [9.17, 15) is 0 Å². The molecule has 0 aromatic heterocycles. The molecular weight excluding hydrogens is 316 g/mol. The average Bonchev–Trinajstić information content (AvgIpc) is 1.77. The van der Waals surface area contributed by atoms with Crippen molar-refractivity contribution >= 4 is 55.5 Å². The molecular formula is C4H4Na2S2Se2. The third-order valence-electron chi connectivity index (χ3n) is 0.716. The zero-order valence-corrected chi connectivity index (χ0v) is 15.1. The Balaban J connectivity index is 0. The second-order valence-corrected chi connectivity index (χ2v) is 6.36. The molecule has 1 rings (SSSR count). The van der Waals surface area contributed by atoms with E-state index in [1.54, 1.807) is 0 Å². The third kappa shape index (κ3) is 6.01. The van der Waals surface area contributed by atoms with Crippen molar-refractivity contribution in [3.05, 3.63) is 7.61 Å². The third-order valence-corrected chi connectivity index (χ3v) is 6.43. The molecule has 46 valence electrons. The number of thioether (sulfide) groups is 2. The molecule has 0 aliphatic carbocycles. The average molecular weight is 320 g/mol. The van der Waals surface area contributed by atoms with Gasteiger partial charge in [-0.2, -0.15) is 0 Å². The van der Waals surface area contributed by atoms with E-state index in [0.717, 1.165) is 0 Å². The van der Waals surface area contributed by atoms with Crippen LogP contribution in [0.15, 0.2) is 7.61 Å². The van der Waals surface area contributed by atoms with Crippen molar-refractivity contribution < 1.29 is 59.1 Å². The molecule has 0 fully saturated rings. The van der Waals surface area contributed by atoms with Crippen LogP contribution in [0.25, 0.3) is 0 Å². The predicted molar refractivity (Wildman–Crippen MR) is 43.5 cm³/mol. The minimum absolute atomic E-state index is 0. The van der Waals surface area contributed by atoms with Crippen LogP contribution in [0.5, 0.6) is 0 Å². The van der Waals surface area contributed by atoms with Crippen LogP contribution in [0.4, 0.5) is 0 Å². The molecule has 0 unspecified atom stereocenters. The molecule has 0 nitrogen and oxygen atoms in total. The fourth-order valence-electron chi connectivity index (χ4n) is 0.387. The molecule has 0 aromatic carbocycles. The van der Waals surface area contributed by atoms with E-state index in [1.165, 1.54) is 19.1 Å². The van der Waals surface area contributed by atoms with Crippen LogP contribution in [-0.4, -0.2) is 43.5 Å². The van der Waals surface area contributed by atoms with Crippen molar-refractivity contribution in [3.63, 3.8) is 0 Å². The Morgan fingerprint density at radius 2 is 1.20 bits per heavy atom. The van der Waals surface area contributed by atoms with Gasteiger partial charge in [-0.3, -0.25) is 0 Å². The minimum atomic E-state index is 0. The van der Waals surface area contributed by atoms with Crippen molar-refractivity contribution in [1.29, 1.82) is 0 Å². The van der Waals surface area contributed by atoms with Crippen molar-refractivity contribution in [1.82, 2.24) is 0 Å². The van der Waals surface area contributed by atoms with Gasteiger partial charge in [0.25, 0.3) is 0 Å². The van der Waals surface area contributed by atoms with Crippen LogP contribution in [0, 0.1) is 0 Å². The standard InChI is InChI=1S/C4H6S2Se2.2Na/c7-3-4(8)6-2-1-5-3;;/h7-8H,1-2H2;;/q;2*+1/p-2. The van der Waals surface area contributed by atoms with E-state index < -0.39 is 0 Å². The van der Waals surface area contributed by atoms with Gasteiger partial charge in [-0.1, -0.05) is 0 Å². The first-order valence-corrected chi connectivity index (χ1v) is 5.83. The summed E-state index contributed by atoms with van der Waals surface area (Å²) in [6.45, 7) is 0. The van der Waals surface area contributed by atoms with Gasteiger partial charge < -0.3 is 0 Å². The summed E-state index contributed by atoms with van der Waals surface area (Å²) in [5.74, 6) is 2.50. The van der Waals surface area contributed by atoms with Gasteiger partial charge in [0.2, 0.25) is 0 Å². The van der Waals surface area contributed by atoms with Crippen LogP contribution in [0.1, 0.15) is 0 Å². The number of rotatable bonds is 0. The van der Waals surface area contributed by atoms with Gasteiger partial charge in [0.15, 0.2) is 0 Å². The Morgan fingerprint density at radius 1 is 0.900 bits per heavy atom. The van der Waals surface area contributed by atoms with E-state index in [4.69, 9.17) is 0 Å². The molecule has 1 aliphatic rings. The van der Waals surface area contributed by atoms with Crippen LogP contribution in [0.3, 0.4) is 0 Å². The van der Waals surface area contributed by atoms with Crippen molar-refractivity contribution in [3.8, 4) is 0 Å². The summed E-state index contributed by atoms with van der Waals surface area (Å²) in [6, 6.07) is 0. The van der Waals surface area contributed by atoms with Gasteiger partial charge in [-0.05, 0) is 0 Å². The summed E-state index contributed by atoms with van der Waals surface area (Å²) in [4.78, 5) is 0. The SMILES string of the molecule is [Na+].[Na+].[Se-]C1=C([Se-])SCCS1. The second-order valence-electron chi connectivity index (χ2n) is 1.27. The zero-order chi connectivity index (χ0) is 5.98. The van der Waals surface area contributed by atoms with Gasteiger partial charge in [0.05, 0.1) is 0 Å². The summed E-state index contributed by atoms with van der Waals surface area (Å²) in [5, 5.41) is 0. The van der Waals surface area contributed by atoms with Gasteiger partial charge in [0, 0.05) is 0 Å². The zero-order valence-electron chi connectivity index (χ0n) is 6.05. The first-order chi connectivity index (χ1) is 3.80. The molecule has 0 amide bonds. The van der Waals surface area contributed by atoms with Crippen LogP contribution in [-0.2, 0) is 0 Å². The predicted octanol–water partition coefficient (Wildman–Crippen LogP) is -5.06. The molecule has 10 heavy (non-hydrogen) atoms. The van der Waals surface area contributed by atoms with Crippen molar-refractivity contribution in [2.75, 3.05) is 11.5 Å². The molecule has 0 spiro atoms. The summed E-state index contributed by atoms with van der Waals surface area (Å²) < 4.78 is 2.67. The van der Waals surface area contributed by atoms with Gasteiger partial charge >= 0.3 is 134 Å². The maximum atomic E-state index is 3.02. The molecule has 0 bridgehead atoms. The topological polar surface area (TPSA) is 0 Å². The molecule has 0 N–H and O–H groups in total. The molecule has 0 atom stereocenters. The van der Waals surface area contributed by atoms with E-state index in [2.05, 4.69) is 32.0 Å². The summed E-state index contributed by atoms with van der Waals surface area (Å²) in [6.07, 6.45) is 0. The summed E-state index contributed by atoms with van der Waals surface area (Å²) in [5.41, 5.74) is 0. The van der Waals surface area contributed by atoms with Crippen LogP contribution in [0.2, 0.25) is 0 Å². The monoisotopic (exact) mass is 322 g/mol. The van der Waals surface area contributed by atoms with E-state index in [-0.39, 0.29) is 59.1 Å². The Bertz CT molecular complexity index is 114. The van der Waals surface area contributed by atoms with Gasteiger partial charge in [-0.25, -0.2) is 0 Å².